The molecule has 0 aliphatic carbocycles. The third-order valence-corrected chi connectivity index (χ3v) is 5.74. The number of carbonyl (C=O) groups is 2. The maximum Gasteiger partial charge on any atom is 0.247 e. The maximum atomic E-state index is 13.2. The van der Waals surface area contributed by atoms with Gasteiger partial charge in [0.1, 0.15) is 6.04 Å². The number of carbonyl (C=O) groups excluding carboxylic acids is 2. The molecule has 4 heteroatoms. The van der Waals surface area contributed by atoms with E-state index in [9.17, 15) is 9.59 Å². The van der Waals surface area contributed by atoms with Gasteiger partial charge in [-0.25, -0.2) is 0 Å². The molecule has 0 spiro atoms. The van der Waals surface area contributed by atoms with Crippen molar-refractivity contribution < 1.29 is 9.59 Å². The number of anilines is 1. The van der Waals surface area contributed by atoms with Crippen LogP contribution in [0.5, 0.6) is 0 Å². The molecule has 2 amide bonds. The normalized spacial score (nSPS) is 17.4. The molecule has 1 heterocycles. The molecule has 3 rings (SSSR count). The lowest BCUT2D eigenvalue weighted by Gasteiger charge is -2.27. The zero-order chi connectivity index (χ0) is 21.0. The van der Waals surface area contributed by atoms with Crippen molar-refractivity contribution in [1.29, 1.82) is 0 Å². The fourth-order valence-electron chi connectivity index (χ4n) is 4.04. The summed E-state index contributed by atoms with van der Waals surface area (Å²) in [4.78, 5) is 27.8. The van der Waals surface area contributed by atoms with Gasteiger partial charge in [-0.1, -0.05) is 56.3 Å². The van der Waals surface area contributed by atoms with E-state index in [1.807, 2.05) is 38.1 Å². The van der Waals surface area contributed by atoms with Crippen molar-refractivity contribution in [3.8, 4) is 0 Å². The summed E-state index contributed by atoms with van der Waals surface area (Å²) in [7, 11) is 0. The zero-order valence-electron chi connectivity index (χ0n) is 17.9. The molecule has 2 unspecified atom stereocenters. The molecule has 2 aromatic carbocycles. The fraction of sp³-hybridized carbons (Fsp3) is 0.440. The number of benzene rings is 2. The Morgan fingerprint density at radius 2 is 1.76 bits per heavy atom. The molecule has 1 N–H and O–H groups in total. The van der Waals surface area contributed by atoms with E-state index >= 15 is 0 Å². The van der Waals surface area contributed by atoms with Crippen LogP contribution >= 0.6 is 0 Å². The number of amides is 2. The second-order valence-electron chi connectivity index (χ2n) is 8.56. The van der Waals surface area contributed by atoms with Crippen LogP contribution in [0.1, 0.15) is 56.2 Å². The summed E-state index contributed by atoms with van der Waals surface area (Å²) >= 11 is 0. The Balaban J connectivity index is 1.68. The van der Waals surface area contributed by atoms with Crippen LogP contribution in [-0.2, 0) is 16.0 Å². The number of hydrogen-bond donors (Lipinski definition) is 1. The Kier molecular flexibility index (Phi) is 6.73. The van der Waals surface area contributed by atoms with Crippen molar-refractivity contribution in [1.82, 2.24) is 4.90 Å². The fourth-order valence-corrected chi connectivity index (χ4v) is 4.04. The molecular formula is C25H32N2O2. The van der Waals surface area contributed by atoms with Gasteiger partial charge in [-0.2, -0.15) is 0 Å². The van der Waals surface area contributed by atoms with Gasteiger partial charge in [-0.05, 0) is 61.8 Å². The second kappa shape index (κ2) is 9.25. The van der Waals surface area contributed by atoms with Gasteiger partial charge in [0.25, 0.3) is 0 Å². The quantitative estimate of drug-likeness (QED) is 0.758. The summed E-state index contributed by atoms with van der Waals surface area (Å²) in [5, 5.41) is 3.01. The minimum Gasteiger partial charge on any atom is -0.330 e. The number of nitrogens with zero attached hydrogens (tertiary/aromatic N) is 1. The number of aryl methyl sites for hydroxylation is 1. The molecule has 1 aliphatic rings. The smallest absolute Gasteiger partial charge is 0.247 e. The summed E-state index contributed by atoms with van der Waals surface area (Å²) in [5.74, 6) is 0.292. The average Bonchev–Trinajstić information content (AvgIpc) is 3.19. The van der Waals surface area contributed by atoms with Crippen LogP contribution < -0.4 is 5.32 Å². The van der Waals surface area contributed by atoms with Crippen LogP contribution in [0.4, 0.5) is 5.69 Å². The molecule has 0 saturated carbocycles. The van der Waals surface area contributed by atoms with Gasteiger partial charge in [0.15, 0.2) is 0 Å². The summed E-state index contributed by atoms with van der Waals surface area (Å²) in [6.45, 7) is 8.96. The van der Waals surface area contributed by atoms with Crippen LogP contribution in [0.2, 0.25) is 0 Å². The van der Waals surface area contributed by atoms with Crippen molar-refractivity contribution in [2.75, 3.05) is 11.9 Å². The Hall–Kier alpha value is -2.62. The standard InChI is InChI=1S/C25H32N2O2/c1-17(2)16-20-11-13-21(14-12-20)19(4)25(29)27-15-7-10-23(27)24(28)26-22-9-6-5-8-18(22)3/h5-6,8-9,11-14,17,19,23H,7,10,15-16H2,1-4H3,(H,26,28). The second-order valence-corrected chi connectivity index (χ2v) is 8.56. The van der Waals surface area contributed by atoms with E-state index in [0.717, 1.165) is 29.7 Å². The van der Waals surface area contributed by atoms with Crippen molar-refractivity contribution >= 4 is 17.5 Å². The lowest BCUT2D eigenvalue weighted by Crippen LogP contribution is -2.44. The number of rotatable bonds is 6. The van der Waals surface area contributed by atoms with Crippen LogP contribution in [0.3, 0.4) is 0 Å². The molecular weight excluding hydrogens is 360 g/mol. The maximum absolute atomic E-state index is 13.2. The third kappa shape index (κ3) is 5.06. The first-order valence-electron chi connectivity index (χ1n) is 10.6. The summed E-state index contributed by atoms with van der Waals surface area (Å²) in [6, 6.07) is 15.7. The Morgan fingerprint density at radius 1 is 1.07 bits per heavy atom. The predicted octanol–water partition coefficient (Wildman–Crippen LogP) is 4.93. The Morgan fingerprint density at radius 3 is 2.41 bits per heavy atom. The molecule has 154 valence electrons. The zero-order valence-corrected chi connectivity index (χ0v) is 17.9. The van der Waals surface area contributed by atoms with Crippen LogP contribution in [0, 0.1) is 12.8 Å². The lowest BCUT2D eigenvalue weighted by molar-refractivity contribution is -0.137. The van der Waals surface area contributed by atoms with Crippen LogP contribution in [0.25, 0.3) is 0 Å². The predicted molar refractivity (Wildman–Crippen MR) is 118 cm³/mol. The van der Waals surface area contributed by atoms with E-state index in [2.05, 4.69) is 43.4 Å². The van der Waals surface area contributed by atoms with Crippen molar-refractivity contribution in [2.45, 2.75) is 58.9 Å². The molecule has 0 radical (unpaired) electrons. The van der Waals surface area contributed by atoms with E-state index in [1.165, 1.54) is 5.56 Å². The minimum atomic E-state index is -0.398. The first-order chi connectivity index (χ1) is 13.9. The van der Waals surface area contributed by atoms with Crippen molar-refractivity contribution in [3.63, 3.8) is 0 Å². The van der Waals surface area contributed by atoms with Crippen LogP contribution in [-0.4, -0.2) is 29.3 Å². The van der Waals surface area contributed by atoms with Gasteiger partial charge in [0.05, 0.1) is 5.92 Å². The highest BCUT2D eigenvalue weighted by Crippen LogP contribution is 2.26. The number of para-hydroxylation sites is 1. The summed E-state index contributed by atoms with van der Waals surface area (Å²) < 4.78 is 0. The van der Waals surface area contributed by atoms with E-state index in [4.69, 9.17) is 0 Å². The summed E-state index contributed by atoms with van der Waals surface area (Å²) in [5.41, 5.74) is 4.13. The number of likely N-dealkylation sites (tertiary alicyclic amines) is 1. The molecule has 2 aromatic rings. The SMILES string of the molecule is Cc1ccccc1NC(=O)C1CCCN1C(=O)C(C)c1ccc(CC(C)C)cc1. The monoisotopic (exact) mass is 392 g/mol. The van der Waals surface area contributed by atoms with Gasteiger partial charge in [0, 0.05) is 12.2 Å². The summed E-state index contributed by atoms with van der Waals surface area (Å²) in [6.07, 6.45) is 2.61. The Labute approximate surface area is 174 Å². The van der Waals surface area contributed by atoms with Crippen LogP contribution in [0.15, 0.2) is 48.5 Å². The molecule has 1 fully saturated rings. The minimum absolute atomic E-state index is 0.0315. The molecule has 29 heavy (non-hydrogen) atoms. The molecule has 1 saturated heterocycles. The molecule has 4 nitrogen and oxygen atoms in total. The van der Waals surface area contributed by atoms with Gasteiger partial charge in [0.2, 0.25) is 11.8 Å². The number of hydrogen-bond acceptors (Lipinski definition) is 2. The highest BCUT2D eigenvalue weighted by atomic mass is 16.2. The van der Waals surface area contributed by atoms with E-state index < -0.39 is 6.04 Å². The van der Waals surface area contributed by atoms with Gasteiger partial charge in [-0.3, -0.25) is 9.59 Å². The van der Waals surface area contributed by atoms with Gasteiger partial charge >= 0.3 is 0 Å². The van der Waals surface area contributed by atoms with E-state index in [1.54, 1.807) is 4.90 Å². The first-order valence-corrected chi connectivity index (χ1v) is 10.6. The molecule has 2 atom stereocenters. The first kappa shape index (κ1) is 21.1. The topological polar surface area (TPSA) is 49.4 Å². The molecule has 0 aromatic heterocycles. The largest absolute Gasteiger partial charge is 0.330 e. The molecule has 1 aliphatic heterocycles. The van der Waals surface area contributed by atoms with Crippen molar-refractivity contribution in [2.24, 2.45) is 5.92 Å². The number of nitrogens with one attached hydrogen (secondary N) is 1. The highest BCUT2D eigenvalue weighted by molar-refractivity contribution is 5.98. The third-order valence-electron chi connectivity index (χ3n) is 5.74. The van der Waals surface area contributed by atoms with Crippen molar-refractivity contribution in [3.05, 3.63) is 65.2 Å². The van der Waals surface area contributed by atoms with E-state index in [0.29, 0.717) is 18.9 Å². The average molecular weight is 393 g/mol. The molecule has 0 bridgehead atoms. The Bertz CT molecular complexity index is 857. The van der Waals surface area contributed by atoms with E-state index in [-0.39, 0.29) is 17.7 Å². The lowest BCUT2D eigenvalue weighted by atomic mass is 9.95. The van der Waals surface area contributed by atoms with Gasteiger partial charge < -0.3 is 10.2 Å². The highest BCUT2D eigenvalue weighted by Gasteiger charge is 2.36. The van der Waals surface area contributed by atoms with Gasteiger partial charge in [-0.15, -0.1) is 0 Å².